The molecule has 0 aliphatic carbocycles. The molecule has 0 radical (unpaired) electrons. The fraction of sp³-hybridized carbons (Fsp3) is 0.600. The van der Waals surface area contributed by atoms with Crippen molar-refractivity contribution in [2.24, 2.45) is 0 Å². The first kappa shape index (κ1) is 18.5. The summed E-state index contributed by atoms with van der Waals surface area (Å²) in [4.78, 5) is 17.1. The second kappa shape index (κ2) is 8.84. The summed E-state index contributed by atoms with van der Waals surface area (Å²) in [6.07, 6.45) is 8.92. The summed E-state index contributed by atoms with van der Waals surface area (Å²) in [5.74, 6) is 6.31. The van der Waals surface area contributed by atoms with E-state index in [-0.39, 0.29) is 5.97 Å². The van der Waals surface area contributed by atoms with Crippen molar-refractivity contribution in [3.63, 3.8) is 0 Å². The summed E-state index contributed by atoms with van der Waals surface area (Å²) in [5.41, 5.74) is 0.663. The minimum Gasteiger partial charge on any atom is -0.446 e. The zero-order valence-electron chi connectivity index (χ0n) is 15.1. The van der Waals surface area contributed by atoms with Gasteiger partial charge in [-0.2, -0.15) is 0 Å². The van der Waals surface area contributed by atoms with Crippen LogP contribution in [0.5, 0.6) is 0 Å². The number of carbonyl (C=O) groups is 1. The van der Waals surface area contributed by atoms with Crippen molar-refractivity contribution in [2.45, 2.75) is 64.5 Å². The fourth-order valence-electron chi connectivity index (χ4n) is 3.47. The van der Waals surface area contributed by atoms with E-state index < -0.39 is 5.60 Å². The van der Waals surface area contributed by atoms with Gasteiger partial charge in [0.2, 0.25) is 0 Å². The molecule has 0 aromatic carbocycles. The van der Waals surface area contributed by atoms with Gasteiger partial charge in [0, 0.05) is 31.3 Å². The fourth-order valence-corrected chi connectivity index (χ4v) is 3.47. The van der Waals surface area contributed by atoms with E-state index in [4.69, 9.17) is 4.74 Å². The molecule has 0 saturated carbocycles. The van der Waals surface area contributed by atoms with Crippen LogP contribution >= 0.6 is 0 Å². The number of esters is 1. The molecule has 1 aliphatic rings. The van der Waals surface area contributed by atoms with Crippen molar-refractivity contribution in [1.82, 2.24) is 4.98 Å². The maximum Gasteiger partial charge on any atom is 0.304 e. The third-order valence-corrected chi connectivity index (χ3v) is 4.93. The van der Waals surface area contributed by atoms with E-state index in [9.17, 15) is 4.79 Å². The summed E-state index contributed by atoms with van der Waals surface area (Å²) < 4.78 is 5.51. The van der Waals surface area contributed by atoms with Crippen LogP contribution in [-0.4, -0.2) is 29.6 Å². The van der Waals surface area contributed by atoms with Crippen molar-refractivity contribution < 1.29 is 14.4 Å². The lowest BCUT2D eigenvalue weighted by Crippen LogP contribution is -3.13. The topological polar surface area (TPSA) is 43.6 Å². The van der Waals surface area contributed by atoms with Gasteiger partial charge >= 0.3 is 5.97 Å². The van der Waals surface area contributed by atoms with Crippen LogP contribution in [0.1, 0.15) is 64.5 Å². The summed E-state index contributed by atoms with van der Waals surface area (Å²) in [5, 5.41) is 0. The first-order valence-corrected chi connectivity index (χ1v) is 9.04. The highest BCUT2D eigenvalue weighted by molar-refractivity contribution is 5.67. The minimum atomic E-state index is -0.634. The van der Waals surface area contributed by atoms with E-state index in [0.29, 0.717) is 6.04 Å². The smallest absolute Gasteiger partial charge is 0.304 e. The number of aromatic nitrogens is 1. The Kier molecular flexibility index (Phi) is 6.81. The molecule has 0 spiro atoms. The van der Waals surface area contributed by atoms with Gasteiger partial charge in [-0.05, 0) is 43.6 Å². The zero-order chi connectivity index (χ0) is 17.4. The van der Waals surface area contributed by atoms with Crippen LogP contribution in [0.15, 0.2) is 24.5 Å². The van der Waals surface area contributed by atoms with Crippen molar-refractivity contribution in [3.05, 3.63) is 30.1 Å². The van der Waals surface area contributed by atoms with Gasteiger partial charge in [-0.3, -0.25) is 9.78 Å². The molecular weight excluding hydrogens is 300 g/mol. The Morgan fingerprint density at radius 3 is 2.83 bits per heavy atom. The van der Waals surface area contributed by atoms with E-state index in [1.807, 2.05) is 32.3 Å². The van der Waals surface area contributed by atoms with Crippen LogP contribution in [0.25, 0.3) is 0 Å². The van der Waals surface area contributed by atoms with Crippen LogP contribution in [0.4, 0.5) is 0 Å². The Labute approximate surface area is 145 Å². The Balaban J connectivity index is 2.10. The third kappa shape index (κ3) is 4.82. The standard InChI is InChI=1S/C20H28N2O2/c1-4-20(5-2,24-17(3)23)12-9-15-22-14-7-6-11-19(22)18-10-8-13-21-16-18/h8,10,13,16,19H,4-7,11,14-15H2,1-3H3/p+1/t19-/m0/s1. The first-order chi connectivity index (χ1) is 11.6. The average molecular weight is 329 g/mol. The van der Waals surface area contributed by atoms with Crippen LogP contribution in [0.2, 0.25) is 0 Å². The highest BCUT2D eigenvalue weighted by atomic mass is 16.6. The maximum atomic E-state index is 11.4. The molecule has 1 aromatic heterocycles. The zero-order valence-corrected chi connectivity index (χ0v) is 15.1. The summed E-state index contributed by atoms with van der Waals surface area (Å²) in [6.45, 7) is 7.41. The molecule has 4 heteroatoms. The molecule has 130 valence electrons. The van der Waals surface area contributed by atoms with Crippen LogP contribution in [-0.2, 0) is 9.53 Å². The number of nitrogens with one attached hydrogen (secondary N) is 1. The average Bonchev–Trinajstić information content (AvgIpc) is 2.61. The second-order valence-corrected chi connectivity index (χ2v) is 6.52. The predicted octanol–water partition coefficient (Wildman–Crippen LogP) is 2.32. The SMILES string of the molecule is CCC(C#CC[NH+]1CCCC[C@H]1c1cccnc1)(CC)OC(C)=O. The molecule has 1 fully saturated rings. The lowest BCUT2D eigenvalue weighted by atomic mass is 9.96. The maximum absolute atomic E-state index is 11.4. The van der Waals surface area contributed by atoms with E-state index in [1.54, 1.807) is 0 Å². The normalized spacial score (nSPS) is 20.8. The number of nitrogens with zero attached hydrogens (tertiary/aromatic N) is 1. The van der Waals surface area contributed by atoms with Gasteiger partial charge in [-0.25, -0.2) is 0 Å². The number of pyridine rings is 1. The lowest BCUT2D eigenvalue weighted by Gasteiger charge is -2.31. The second-order valence-electron chi connectivity index (χ2n) is 6.52. The number of ether oxygens (including phenoxy) is 1. The van der Waals surface area contributed by atoms with Crippen molar-refractivity contribution in [3.8, 4) is 11.8 Å². The van der Waals surface area contributed by atoms with Gasteiger partial charge in [0.15, 0.2) is 5.60 Å². The van der Waals surface area contributed by atoms with Gasteiger partial charge in [0.1, 0.15) is 12.6 Å². The molecule has 1 N–H and O–H groups in total. The Hall–Kier alpha value is -1.86. The summed E-state index contributed by atoms with van der Waals surface area (Å²) in [6, 6.07) is 4.64. The molecule has 1 aliphatic heterocycles. The number of quaternary nitrogens is 1. The summed E-state index contributed by atoms with van der Waals surface area (Å²) >= 11 is 0. The quantitative estimate of drug-likeness (QED) is 0.666. The van der Waals surface area contributed by atoms with E-state index >= 15 is 0 Å². The van der Waals surface area contributed by atoms with Gasteiger partial charge in [0.25, 0.3) is 0 Å². The number of carbonyl (C=O) groups excluding carboxylic acids is 1. The molecule has 2 atom stereocenters. The number of hydrogen-bond donors (Lipinski definition) is 1. The molecule has 0 bridgehead atoms. The first-order valence-electron chi connectivity index (χ1n) is 9.04. The van der Waals surface area contributed by atoms with Crippen molar-refractivity contribution in [2.75, 3.05) is 13.1 Å². The number of piperidine rings is 1. The van der Waals surface area contributed by atoms with Crippen LogP contribution in [0.3, 0.4) is 0 Å². The van der Waals surface area contributed by atoms with Crippen LogP contribution in [0, 0.1) is 11.8 Å². The van der Waals surface area contributed by atoms with Crippen LogP contribution < -0.4 is 4.90 Å². The van der Waals surface area contributed by atoms with Crippen molar-refractivity contribution in [1.29, 1.82) is 0 Å². The largest absolute Gasteiger partial charge is 0.446 e. The van der Waals surface area contributed by atoms with E-state index in [2.05, 4.69) is 22.9 Å². The Morgan fingerprint density at radius 1 is 1.42 bits per heavy atom. The van der Waals surface area contributed by atoms with E-state index in [1.165, 1.54) is 36.6 Å². The molecule has 24 heavy (non-hydrogen) atoms. The molecular formula is C20H29N2O2+. The van der Waals surface area contributed by atoms with Gasteiger partial charge in [-0.1, -0.05) is 19.9 Å². The third-order valence-electron chi connectivity index (χ3n) is 4.93. The van der Waals surface area contributed by atoms with Gasteiger partial charge in [-0.15, -0.1) is 0 Å². The number of rotatable bonds is 5. The molecule has 0 amide bonds. The molecule has 2 rings (SSSR count). The van der Waals surface area contributed by atoms with Gasteiger partial charge in [0.05, 0.1) is 6.54 Å². The predicted molar refractivity (Wildman–Crippen MR) is 94.4 cm³/mol. The van der Waals surface area contributed by atoms with Crippen molar-refractivity contribution >= 4 is 5.97 Å². The number of hydrogen-bond acceptors (Lipinski definition) is 3. The molecule has 2 heterocycles. The summed E-state index contributed by atoms with van der Waals surface area (Å²) in [7, 11) is 0. The highest BCUT2D eigenvalue weighted by Gasteiger charge is 2.29. The molecule has 1 aromatic rings. The molecule has 4 nitrogen and oxygen atoms in total. The number of likely N-dealkylation sites (tertiary alicyclic amines) is 1. The Morgan fingerprint density at radius 2 is 2.21 bits per heavy atom. The molecule has 1 unspecified atom stereocenters. The molecule has 1 saturated heterocycles. The minimum absolute atomic E-state index is 0.258. The highest BCUT2D eigenvalue weighted by Crippen LogP contribution is 2.20. The van der Waals surface area contributed by atoms with Gasteiger partial charge < -0.3 is 9.64 Å². The monoisotopic (exact) mass is 329 g/mol. The van der Waals surface area contributed by atoms with E-state index in [0.717, 1.165) is 25.9 Å². The lowest BCUT2D eigenvalue weighted by molar-refractivity contribution is -0.930. The Bertz CT molecular complexity index is 585.